The van der Waals surface area contributed by atoms with Crippen molar-refractivity contribution in [3.8, 4) is 0 Å². The Morgan fingerprint density at radius 1 is 1.04 bits per heavy atom. The molecule has 0 heterocycles. The van der Waals surface area contributed by atoms with Gasteiger partial charge in [-0.25, -0.2) is 0 Å². The number of carboxylic acids is 1. The lowest BCUT2D eigenvalue weighted by molar-refractivity contribution is -0.137. The van der Waals surface area contributed by atoms with Crippen molar-refractivity contribution >= 4 is 29.2 Å². The van der Waals surface area contributed by atoms with Crippen LogP contribution in [-0.2, 0) is 17.8 Å². The molecule has 0 radical (unpaired) electrons. The number of halogens is 2. The Labute approximate surface area is 146 Å². The van der Waals surface area contributed by atoms with Crippen molar-refractivity contribution in [1.29, 1.82) is 0 Å². The van der Waals surface area contributed by atoms with Gasteiger partial charge in [-0.3, -0.25) is 4.79 Å². The summed E-state index contributed by atoms with van der Waals surface area (Å²) in [6, 6.07) is 15.5. The summed E-state index contributed by atoms with van der Waals surface area (Å²) in [6.07, 6.45) is 1.43. The second-order valence-corrected chi connectivity index (χ2v) is 6.21. The summed E-state index contributed by atoms with van der Waals surface area (Å²) in [5, 5.41) is 13.5. The summed E-state index contributed by atoms with van der Waals surface area (Å²) in [6.45, 7) is 0.510. The predicted molar refractivity (Wildman–Crippen MR) is 94.1 cm³/mol. The van der Waals surface area contributed by atoms with Crippen molar-refractivity contribution in [2.45, 2.75) is 31.8 Å². The van der Waals surface area contributed by atoms with Gasteiger partial charge in [0.2, 0.25) is 0 Å². The minimum Gasteiger partial charge on any atom is -0.481 e. The topological polar surface area (TPSA) is 49.3 Å². The molecule has 122 valence electrons. The van der Waals surface area contributed by atoms with Crippen LogP contribution in [0.1, 0.15) is 24.0 Å². The van der Waals surface area contributed by atoms with E-state index >= 15 is 0 Å². The fourth-order valence-electron chi connectivity index (χ4n) is 2.42. The van der Waals surface area contributed by atoms with Gasteiger partial charge in [0.15, 0.2) is 0 Å². The molecule has 0 saturated carbocycles. The average Bonchev–Trinajstić information content (AvgIpc) is 2.52. The smallest absolute Gasteiger partial charge is 0.303 e. The van der Waals surface area contributed by atoms with Gasteiger partial charge in [-0.2, -0.15) is 0 Å². The van der Waals surface area contributed by atoms with Gasteiger partial charge in [-0.15, -0.1) is 0 Å². The van der Waals surface area contributed by atoms with Gasteiger partial charge in [0, 0.05) is 34.6 Å². The van der Waals surface area contributed by atoms with Crippen LogP contribution in [0.5, 0.6) is 0 Å². The average molecular weight is 352 g/mol. The number of aliphatic carboxylic acids is 1. The lowest BCUT2D eigenvalue weighted by Crippen LogP contribution is -2.31. The van der Waals surface area contributed by atoms with E-state index in [0.717, 1.165) is 12.0 Å². The van der Waals surface area contributed by atoms with Crippen LogP contribution in [0.2, 0.25) is 10.0 Å². The third-order valence-corrected chi connectivity index (χ3v) is 4.37. The molecule has 2 aromatic rings. The van der Waals surface area contributed by atoms with Crippen molar-refractivity contribution in [2.24, 2.45) is 0 Å². The summed E-state index contributed by atoms with van der Waals surface area (Å²) in [7, 11) is 0. The maximum absolute atomic E-state index is 10.9. The molecular weight excluding hydrogens is 333 g/mol. The molecular formula is C18H19Cl2NO2. The molecule has 0 saturated heterocycles. The van der Waals surface area contributed by atoms with Crippen molar-refractivity contribution < 1.29 is 9.90 Å². The molecule has 23 heavy (non-hydrogen) atoms. The van der Waals surface area contributed by atoms with E-state index in [4.69, 9.17) is 28.3 Å². The van der Waals surface area contributed by atoms with Crippen molar-refractivity contribution in [3.63, 3.8) is 0 Å². The summed E-state index contributed by atoms with van der Waals surface area (Å²) in [4.78, 5) is 10.9. The molecule has 0 fully saturated rings. The fraction of sp³-hybridized carbons (Fsp3) is 0.278. The minimum atomic E-state index is -0.791. The first-order chi connectivity index (χ1) is 11.1. The molecule has 0 aromatic heterocycles. The Kier molecular flexibility index (Phi) is 6.90. The number of hydrogen-bond donors (Lipinski definition) is 2. The molecule has 2 aromatic carbocycles. The molecule has 0 spiro atoms. The second-order valence-electron chi connectivity index (χ2n) is 5.40. The molecule has 3 nitrogen and oxygen atoms in total. The van der Waals surface area contributed by atoms with E-state index in [0.29, 0.717) is 23.0 Å². The lowest BCUT2D eigenvalue weighted by Gasteiger charge is -2.19. The zero-order valence-corrected chi connectivity index (χ0v) is 14.1. The molecule has 0 aliphatic carbocycles. The van der Waals surface area contributed by atoms with Crippen LogP contribution in [0.15, 0.2) is 48.5 Å². The van der Waals surface area contributed by atoms with E-state index in [-0.39, 0.29) is 12.5 Å². The molecule has 5 heteroatoms. The number of hydrogen-bond acceptors (Lipinski definition) is 2. The van der Waals surface area contributed by atoms with E-state index < -0.39 is 5.97 Å². The number of carbonyl (C=O) groups is 1. The SMILES string of the molecule is O=C(O)CCC(Cc1ccccc1)NCc1c(Cl)cccc1Cl. The van der Waals surface area contributed by atoms with Crippen LogP contribution in [0.3, 0.4) is 0 Å². The van der Waals surface area contributed by atoms with Crippen LogP contribution in [0, 0.1) is 0 Å². The first kappa shape index (κ1) is 17.8. The van der Waals surface area contributed by atoms with E-state index in [9.17, 15) is 4.79 Å². The largest absolute Gasteiger partial charge is 0.481 e. The molecule has 1 atom stereocenters. The highest BCUT2D eigenvalue weighted by Crippen LogP contribution is 2.24. The summed E-state index contributed by atoms with van der Waals surface area (Å²) < 4.78 is 0. The van der Waals surface area contributed by atoms with Crippen LogP contribution in [-0.4, -0.2) is 17.1 Å². The maximum Gasteiger partial charge on any atom is 0.303 e. The van der Waals surface area contributed by atoms with Crippen LogP contribution >= 0.6 is 23.2 Å². The molecule has 2 N–H and O–H groups in total. The fourth-order valence-corrected chi connectivity index (χ4v) is 2.95. The predicted octanol–water partition coefficient (Wildman–Crippen LogP) is 4.56. The molecule has 0 bridgehead atoms. The maximum atomic E-state index is 10.9. The number of carboxylic acid groups (broad SMARTS) is 1. The standard InChI is InChI=1S/C18H19Cl2NO2/c19-16-7-4-8-17(20)15(16)12-21-14(9-10-18(22)23)11-13-5-2-1-3-6-13/h1-8,14,21H,9-12H2,(H,22,23). The number of benzene rings is 2. The number of nitrogens with one attached hydrogen (secondary N) is 1. The zero-order valence-electron chi connectivity index (χ0n) is 12.6. The Bertz CT molecular complexity index is 626. The zero-order chi connectivity index (χ0) is 16.7. The van der Waals surface area contributed by atoms with Crippen LogP contribution in [0.25, 0.3) is 0 Å². The molecule has 2 rings (SSSR count). The number of rotatable bonds is 8. The summed E-state index contributed by atoms with van der Waals surface area (Å²) >= 11 is 12.4. The lowest BCUT2D eigenvalue weighted by atomic mass is 10.0. The first-order valence-corrected chi connectivity index (χ1v) is 8.24. The van der Waals surface area contributed by atoms with E-state index in [1.54, 1.807) is 18.2 Å². The monoisotopic (exact) mass is 351 g/mol. The van der Waals surface area contributed by atoms with E-state index in [1.807, 2.05) is 30.3 Å². The van der Waals surface area contributed by atoms with E-state index in [2.05, 4.69) is 5.32 Å². The summed E-state index contributed by atoms with van der Waals surface area (Å²) in [5.74, 6) is -0.791. The molecule has 1 unspecified atom stereocenters. The molecule has 0 amide bonds. The highest BCUT2D eigenvalue weighted by atomic mass is 35.5. The van der Waals surface area contributed by atoms with E-state index in [1.165, 1.54) is 5.56 Å². The Hall–Kier alpha value is -1.55. The van der Waals surface area contributed by atoms with Gasteiger partial charge in [-0.1, -0.05) is 59.6 Å². The van der Waals surface area contributed by atoms with Crippen molar-refractivity contribution in [2.75, 3.05) is 0 Å². The van der Waals surface area contributed by atoms with Crippen LogP contribution in [0.4, 0.5) is 0 Å². The Morgan fingerprint density at radius 2 is 1.70 bits per heavy atom. The Balaban J connectivity index is 2.03. The van der Waals surface area contributed by atoms with Crippen LogP contribution < -0.4 is 5.32 Å². The first-order valence-electron chi connectivity index (χ1n) is 7.48. The second kappa shape index (κ2) is 8.92. The highest BCUT2D eigenvalue weighted by molar-refractivity contribution is 6.35. The Morgan fingerprint density at radius 3 is 2.30 bits per heavy atom. The van der Waals surface area contributed by atoms with Gasteiger partial charge in [0.25, 0.3) is 0 Å². The third kappa shape index (κ3) is 5.87. The van der Waals surface area contributed by atoms with Crippen molar-refractivity contribution in [1.82, 2.24) is 5.32 Å². The minimum absolute atomic E-state index is 0.0424. The quantitative estimate of drug-likeness (QED) is 0.732. The van der Waals surface area contributed by atoms with Gasteiger partial charge in [-0.05, 0) is 30.5 Å². The van der Waals surface area contributed by atoms with Gasteiger partial charge in [0.05, 0.1) is 0 Å². The highest BCUT2D eigenvalue weighted by Gasteiger charge is 2.13. The molecule has 0 aliphatic rings. The van der Waals surface area contributed by atoms with Crippen molar-refractivity contribution in [3.05, 3.63) is 69.7 Å². The molecule has 0 aliphatic heterocycles. The normalized spacial score (nSPS) is 12.1. The van der Waals surface area contributed by atoms with Gasteiger partial charge in [0.1, 0.15) is 0 Å². The third-order valence-electron chi connectivity index (χ3n) is 3.66. The summed E-state index contributed by atoms with van der Waals surface area (Å²) in [5.41, 5.74) is 2.00. The van der Waals surface area contributed by atoms with Gasteiger partial charge >= 0.3 is 5.97 Å². The van der Waals surface area contributed by atoms with Gasteiger partial charge < -0.3 is 10.4 Å².